The molecule has 2 amide bonds. The van der Waals surface area contributed by atoms with Gasteiger partial charge in [0.1, 0.15) is 0 Å². The van der Waals surface area contributed by atoms with Gasteiger partial charge in [0, 0.05) is 45.7 Å². The number of likely N-dealkylation sites (tertiary alicyclic amines) is 3. The third kappa shape index (κ3) is 3.43. The Hall–Kier alpha value is -1.88. The fourth-order valence-electron chi connectivity index (χ4n) is 4.38. The van der Waals surface area contributed by atoms with E-state index < -0.39 is 0 Å². The maximum absolute atomic E-state index is 12.5. The molecule has 1 unspecified atom stereocenters. The molecule has 0 bridgehead atoms. The molecule has 0 radical (unpaired) electrons. The highest BCUT2D eigenvalue weighted by molar-refractivity contribution is 5.89. The fourth-order valence-corrected chi connectivity index (χ4v) is 4.38. The minimum atomic E-state index is -0.114. The summed E-state index contributed by atoms with van der Waals surface area (Å²) < 4.78 is 0. The largest absolute Gasteiger partial charge is 0.342 e. The van der Waals surface area contributed by atoms with E-state index in [-0.39, 0.29) is 23.8 Å². The number of benzene rings is 1. The van der Waals surface area contributed by atoms with Crippen LogP contribution in [0.5, 0.6) is 0 Å². The number of hydrogen-bond acceptors (Lipinski definition) is 3. The van der Waals surface area contributed by atoms with Gasteiger partial charge in [0.2, 0.25) is 11.8 Å². The van der Waals surface area contributed by atoms with Gasteiger partial charge in [-0.05, 0) is 25.3 Å². The molecule has 3 aliphatic heterocycles. The number of nitrogens with zero attached hydrogens (tertiary/aromatic N) is 3. The first-order valence-electron chi connectivity index (χ1n) is 9.46. The summed E-state index contributed by atoms with van der Waals surface area (Å²) in [7, 11) is 0. The maximum atomic E-state index is 12.5. The summed E-state index contributed by atoms with van der Waals surface area (Å²) in [6, 6.07) is 8.88. The minimum absolute atomic E-state index is 0.114. The molecule has 0 spiro atoms. The molecule has 5 nitrogen and oxygen atoms in total. The number of carbonyl (C=O) groups is 2. The molecule has 3 aliphatic rings. The second-order valence-corrected chi connectivity index (χ2v) is 7.82. The molecule has 0 saturated carbocycles. The molecule has 1 aromatic rings. The monoisotopic (exact) mass is 341 g/mol. The first-order valence-corrected chi connectivity index (χ1v) is 9.46. The van der Waals surface area contributed by atoms with Crippen LogP contribution in [-0.2, 0) is 16.1 Å². The van der Waals surface area contributed by atoms with E-state index in [4.69, 9.17) is 0 Å². The number of rotatable bonds is 4. The molecule has 0 N–H and O–H groups in total. The third-order valence-corrected chi connectivity index (χ3v) is 5.79. The highest BCUT2D eigenvalue weighted by Gasteiger charge is 2.43. The second-order valence-electron chi connectivity index (χ2n) is 7.82. The van der Waals surface area contributed by atoms with Crippen molar-refractivity contribution in [1.29, 1.82) is 0 Å². The van der Waals surface area contributed by atoms with Crippen molar-refractivity contribution in [2.75, 3.05) is 32.7 Å². The van der Waals surface area contributed by atoms with E-state index in [1.807, 2.05) is 9.80 Å². The molecule has 1 aromatic carbocycles. The Morgan fingerprint density at radius 1 is 1.16 bits per heavy atom. The summed E-state index contributed by atoms with van der Waals surface area (Å²) in [5.41, 5.74) is 2.61. The Bertz CT molecular complexity index is 663. The Labute approximate surface area is 149 Å². The van der Waals surface area contributed by atoms with Crippen molar-refractivity contribution in [2.45, 2.75) is 38.8 Å². The zero-order valence-electron chi connectivity index (χ0n) is 15.0. The molecule has 3 saturated heterocycles. The van der Waals surface area contributed by atoms with E-state index in [1.54, 1.807) is 0 Å². The molecule has 134 valence electrons. The lowest BCUT2D eigenvalue weighted by atomic mass is 10.0. The first kappa shape index (κ1) is 16.6. The quantitative estimate of drug-likeness (QED) is 0.836. The van der Waals surface area contributed by atoms with Gasteiger partial charge in [-0.25, -0.2) is 0 Å². The molecular weight excluding hydrogens is 314 g/mol. The summed E-state index contributed by atoms with van der Waals surface area (Å²) in [5.74, 6) is 0.249. The predicted molar refractivity (Wildman–Crippen MR) is 95.9 cm³/mol. The maximum Gasteiger partial charge on any atom is 0.227 e. The first-order chi connectivity index (χ1) is 12.1. The SMILES string of the molecule is Cc1cccc(CN2CC(N3CC(C(=O)N4CCCC4)CC3=O)C2)c1. The molecule has 25 heavy (non-hydrogen) atoms. The molecule has 3 fully saturated rings. The van der Waals surface area contributed by atoms with Gasteiger partial charge in [-0.2, -0.15) is 0 Å². The van der Waals surface area contributed by atoms with Gasteiger partial charge in [0.15, 0.2) is 0 Å². The topological polar surface area (TPSA) is 43.9 Å². The number of hydrogen-bond donors (Lipinski definition) is 0. The zero-order valence-corrected chi connectivity index (χ0v) is 15.0. The summed E-state index contributed by atoms with van der Waals surface area (Å²) in [6.45, 7) is 7.26. The lowest BCUT2D eigenvalue weighted by Crippen LogP contribution is -2.59. The van der Waals surface area contributed by atoms with Crippen molar-refractivity contribution in [1.82, 2.24) is 14.7 Å². The van der Waals surface area contributed by atoms with Crippen molar-refractivity contribution in [3.05, 3.63) is 35.4 Å². The van der Waals surface area contributed by atoms with Gasteiger partial charge in [-0.3, -0.25) is 14.5 Å². The molecule has 4 rings (SSSR count). The van der Waals surface area contributed by atoms with Gasteiger partial charge in [0.05, 0.1) is 12.0 Å². The van der Waals surface area contributed by atoms with Crippen LogP contribution in [0.3, 0.4) is 0 Å². The lowest BCUT2D eigenvalue weighted by molar-refractivity contribution is -0.135. The average molecular weight is 341 g/mol. The summed E-state index contributed by atoms with van der Waals surface area (Å²) in [4.78, 5) is 31.2. The lowest BCUT2D eigenvalue weighted by Gasteiger charge is -2.44. The summed E-state index contributed by atoms with van der Waals surface area (Å²) in [6.07, 6.45) is 2.61. The Morgan fingerprint density at radius 2 is 1.92 bits per heavy atom. The van der Waals surface area contributed by atoms with E-state index in [9.17, 15) is 9.59 Å². The van der Waals surface area contributed by atoms with Gasteiger partial charge in [-0.15, -0.1) is 0 Å². The molecule has 1 atom stereocenters. The average Bonchev–Trinajstić information content (AvgIpc) is 3.20. The Morgan fingerprint density at radius 3 is 2.64 bits per heavy atom. The fraction of sp³-hybridized carbons (Fsp3) is 0.600. The number of aryl methyl sites for hydroxylation is 1. The van der Waals surface area contributed by atoms with E-state index in [1.165, 1.54) is 11.1 Å². The molecule has 3 heterocycles. The minimum Gasteiger partial charge on any atom is -0.342 e. The van der Waals surface area contributed by atoms with Gasteiger partial charge < -0.3 is 9.80 Å². The molecule has 5 heteroatoms. The van der Waals surface area contributed by atoms with Crippen molar-refractivity contribution in [3.63, 3.8) is 0 Å². The van der Waals surface area contributed by atoms with Crippen LogP contribution >= 0.6 is 0 Å². The standard InChI is InChI=1S/C20H27N3O2/c1-15-5-4-6-16(9-15)11-21-13-18(14-21)23-12-17(10-19(23)24)20(25)22-7-2-3-8-22/h4-6,9,17-18H,2-3,7-8,10-14H2,1H3. The van der Waals surface area contributed by atoms with E-state index in [0.29, 0.717) is 13.0 Å². The van der Waals surface area contributed by atoms with Crippen LogP contribution in [0.2, 0.25) is 0 Å². The Balaban J connectivity index is 1.29. The van der Waals surface area contributed by atoms with Crippen LogP contribution < -0.4 is 0 Å². The summed E-state index contributed by atoms with van der Waals surface area (Å²) >= 11 is 0. The molecular formula is C20H27N3O2. The Kier molecular flexibility index (Phi) is 4.50. The molecule has 0 aliphatic carbocycles. The van der Waals surface area contributed by atoms with Gasteiger partial charge in [-0.1, -0.05) is 29.8 Å². The summed E-state index contributed by atoms with van der Waals surface area (Å²) in [5, 5.41) is 0. The number of amides is 2. The van der Waals surface area contributed by atoms with E-state index in [2.05, 4.69) is 36.1 Å². The van der Waals surface area contributed by atoms with Crippen LogP contribution in [-0.4, -0.2) is 65.3 Å². The highest BCUT2D eigenvalue weighted by atomic mass is 16.2. The predicted octanol–water partition coefficient (Wildman–Crippen LogP) is 1.65. The molecule has 0 aromatic heterocycles. The van der Waals surface area contributed by atoms with Gasteiger partial charge >= 0.3 is 0 Å². The van der Waals surface area contributed by atoms with Crippen LogP contribution in [0.1, 0.15) is 30.4 Å². The second kappa shape index (κ2) is 6.79. The number of carbonyl (C=O) groups excluding carboxylic acids is 2. The highest BCUT2D eigenvalue weighted by Crippen LogP contribution is 2.28. The van der Waals surface area contributed by atoms with Crippen LogP contribution in [0.15, 0.2) is 24.3 Å². The van der Waals surface area contributed by atoms with E-state index >= 15 is 0 Å². The normalized spacial score (nSPS) is 24.8. The van der Waals surface area contributed by atoms with Crippen molar-refractivity contribution >= 4 is 11.8 Å². The van der Waals surface area contributed by atoms with Crippen molar-refractivity contribution in [3.8, 4) is 0 Å². The van der Waals surface area contributed by atoms with Crippen LogP contribution in [0.25, 0.3) is 0 Å². The van der Waals surface area contributed by atoms with Crippen LogP contribution in [0, 0.1) is 12.8 Å². The zero-order chi connectivity index (χ0) is 17.4. The van der Waals surface area contributed by atoms with Crippen molar-refractivity contribution < 1.29 is 9.59 Å². The van der Waals surface area contributed by atoms with E-state index in [0.717, 1.165) is 45.6 Å². The smallest absolute Gasteiger partial charge is 0.227 e. The van der Waals surface area contributed by atoms with Gasteiger partial charge in [0.25, 0.3) is 0 Å². The van der Waals surface area contributed by atoms with Crippen molar-refractivity contribution in [2.24, 2.45) is 5.92 Å². The third-order valence-electron chi connectivity index (χ3n) is 5.79. The van der Waals surface area contributed by atoms with Crippen LogP contribution in [0.4, 0.5) is 0 Å².